The molecule has 0 spiro atoms. The molecule has 0 aromatic heterocycles. The number of nitrogens with zero attached hydrogens (tertiary/aromatic N) is 1. The van der Waals surface area contributed by atoms with Gasteiger partial charge in [-0.2, -0.15) is 0 Å². The molecule has 2 atom stereocenters. The van der Waals surface area contributed by atoms with Gasteiger partial charge in [0.05, 0.1) is 11.0 Å². The molecule has 0 unspecified atom stereocenters. The molecule has 1 aromatic rings. The molecule has 22 heavy (non-hydrogen) atoms. The summed E-state index contributed by atoms with van der Waals surface area (Å²) in [6.07, 6.45) is -4.72. The van der Waals surface area contributed by atoms with Crippen molar-refractivity contribution in [1.29, 1.82) is 0 Å². The third kappa shape index (κ3) is 4.13. The number of halogens is 3. The number of benzene rings is 1. The van der Waals surface area contributed by atoms with Crippen LogP contribution >= 0.6 is 0 Å². The molecule has 0 bridgehead atoms. The van der Waals surface area contributed by atoms with Gasteiger partial charge in [-0.15, -0.1) is 13.2 Å². The number of ether oxygens (including phenoxy) is 1. The predicted molar refractivity (Wildman–Crippen MR) is 76.2 cm³/mol. The van der Waals surface area contributed by atoms with Gasteiger partial charge in [0, 0.05) is 19.1 Å². The fourth-order valence-corrected chi connectivity index (χ4v) is 4.16. The van der Waals surface area contributed by atoms with E-state index in [1.807, 2.05) is 11.8 Å². The van der Waals surface area contributed by atoms with E-state index in [4.69, 9.17) is 0 Å². The van der Waals surface area contributed by atoms with Gasteiger partial charge in [-0.1, -0.05) is 12.1 Å². The average molecular weight is 337 g/mol. The van der Waals surface area contributed by atoms with E-state index in [1.54, 1.807) is 13.0 Å². The summed E-state index contributed by atoms with van der Waals surface area (Å²) in [5.41, 5.74) is 0.653. The van der Waals surface area contributed by atoms with Crippen molar-refractivity contribution in [2.45, 2.75) is 38.0 Å². The van der Waals surface area contributed by atoms with Gasteiger partial charge in [-0.25, -0.2) is 8.42 Å². The monoisotopic (exact) mass is 337 g/mol. The minimum atomic E-state index is -4.72. The van der Waals surface area contributed by atoms with Crippen LogP contribution < -0.4 is 4.74 Å². The third-order valence-electron chi connectivity index (χ3n) is 4.00. The molecule has 1 saturated heterocycles. The minimum absolute atomic E-state index is 0.0667. The van der Waals surface area contributed by atoms with Crippen LogP contribution in [0.25, 0.3) is 0 Å². The van der Waals surface area contributed by atoms with Crippen LogP contribution in [0.2, 0.25) is 0 Å². The van der Waals surface area contributed by atoms with Crippen LogP contribution in [-0.4, -0.2) is 43.3 Å². The van der Waals surface area contributed by atoms with Crippen molar-refractivity contribution in [3.8, 4) is 5.75 Å². The van der Waals surface area contributed by atoms with E-state index in [0.29, 0.717) is 18.7 Å². The van der Waals surface area contributed by atoms with Crippen molar-refractivity contribution in [2.24, 2.45) is 0 Å². The molecule has 124 valence electrons. The van der Waals surface area contributed by atoms with Gasteiger partial charge in [0.1, 0.15) is 5.75 Å². The highest BCUT2D eigenvalue weighted by Crippen LogP contribution is 2.25. The van der Waals surface area contributed by atoms with Crippen molar-refractivity contribution in [3.05, 3.63) is 29.8 Å². The van der Waals surface area contributed by atoms with Crippen molar-refractivity contribution in [3.63, 3.8) is 0 Å². The Balaban J connectivity index is 2.10. The molecular formula is C14H18F3NO3S. The summed E-state index contributed by atoms with van der Waals surface area (Å²) in [7, 11) is -3.08. The molecule has 2 rings (SSSR count). The van der Waals surface area contributed by atoms with Crippen molar-refractivity contribution >= 4 is 9.84 Å². The van der Waals surface area contributed by atoms with Gasteiger partial charge < -0.3 is 4.74 Å². The zero-order chi connectivity index (χ0) is 16.5. The van der Waals surface area contributed by atoms with Gasteiger partial charge >= 0.3 is 6.36 Å². The summed E-state index contributed by atoms with van der Waals surface area (Å²) in [6.45, 7) is 4.24. The number of hydrogen-bond donors (Lipinski definition) is 0. The van der Waals surface area contributed by atoms with Crippen LogP contribution in [0.3, 0.4) is 0 Å². The maximum Gasteiger partial charge on any atom is 0.573 e. The highest BCUT2D eigenvalue weighted by molar-refractivity contribution is 7.92. The number of alkyl halides is 3. The smallest absolute Gasteiger partial charge is 0.406 e. The Morgan fingerprint density at radius 2 is 2.00 bits per heavy atom. The fraction of sp³-hybridized carbons (Fsp3) is 0.571. The molecule has 0 N–H and O–H groups in total. The van der Waals surface area contributed by atoms with Crippen molar-refractivity contribution in [2.75, 3.05) is 12.3 Å². The first kappa shape index (κ1) is 17.1. The van der Waals surface area contributed by atoms with Crippen LogP contribution in [0.5, 0.6) is 5.75 Å². The largest absolute Gasteiger partial charge is 0.573 e. The van der Waals surface area contributed by atoms with E-state index in [0.717, 1.165) is 0 Å². The Hall–Kier alpha value is -1.28. The van der Waals surface area contributed by atoms with Gasteiger partial charge in [-0.05, 0) is 31.5 Å². The second-order valence-corrected chi connectivity index (χ2v) is 7.96. The van der Waals surface area contributed by atoms with E-state index >= 15 is 0 Å². The summed E-state index contributed by atoms with van der Waals surface area (Å²) in [4.78, 5) is 1.96. The maximum atomic E-state index is 12.2. The number of sulfone groups is 1. The molecule has 1 aliphatic rings. The second-order valence-electron chi connectivity index (χ2n) is 5.48. The van der Waals surface area contributed by atoms with Gasteiger partial charge in [-0.3, -0.25) is 4.90 Å². The summed E-state index contributed by atoms with van der Waals surface area (Å²) in [5, 5.41) is -0.490. The molecule has 8 heteroatoms. The molecule has 0 saturated carbocycles. The van der Waals surface area contributed by atoms with E-state index in [-0.39, 0.29) is 17.5 Å². The zero-order valence-corrected chi connectivity index (χ0v) is 13.1. The van der Waals surface area contributed by atoms with Gasteiger partial charge in [0.25, 0.3) is 0 Å². The summed E-state index contributed by atoms with van der Waals surface area (Å²) in [6, 6.07) is 5.57. The molecule has 1 fully saturated rings. The summed E-state index contributed by atoms with van der Waals surface area (Å²) in [5.74, 6) is -0.201. The molecular weight excluding hydrogens is 319 g/mol. The lowest BCUT2D eigenvalue weighted by atomic mass is 10.1. The summed E-state index contributed by atoms with van der Waals surface area (Å²) < 4.78 is 64.2. The Labute approximate surface area is 127 Å². The first-order valence-electron chi connectivity index (χ1n) is 6.89. The maximum absolute atomic E-state index is 12.2. The minimum Gasteiger partial charge on any atom is -0.406 e. The second kappa shape index (κ2) is 6.08. The molecule has 0 amide bonds. The van der Waals surface area contributed by atoms with Gasteiger partial charge in [0.2, 0.25) is 0 Å². The van der Waals surface area contributed by atoms with Crippen LogP contribution in [0.15, 0.2) is 24.3 Å². The van der Waals surface area contributed by atoms with E-state index < -0.39 is 21.4 Å². The highest BCUT2D eigenvalue weighted by Gasteiger charge is 2.35. The van der Waals surface area contributed by atoms with Crippen LogP contribution in [-0.2, 0) is 16.4 Å². The zero-order valence-electron chi connectivity index (χ0n) is 12.3. The van der Waals surface area contributed by atoms with Gasteiger partial charge in [0.15, 0.2) is 9.84 Å². The third-order valence-corrected chi connectivity index (χ3v) is 6.28. The lowest BCUT2D eigenvalue weighted by molar-refractivity contribution is -0.274. The van der Waals surface area contributed by atoms with Crippen molar-refractivity contribution < 1.29 is 26.3 Å². The van der Waals surface area contributed by atoms with Crippen molar-refractivity contribution in [1.82, 2.24) is 4.90 Å². The van der Waals surface area contributed by atoms with Crippen LogP contribution in [0.4, 0.5) is 13.2 Å². The van der Waals surface area contributed by atoms with Crippen LogP contribution in [0.1, 0.15) is 19.4 Å². The predicted octanol–water partition coefficient (Wildman–Crippen LogP) is 2.59. The van der Waals surface area contributed by atoms with Crippen LogP contribution in [0, 0.1) is 0 Å². The Kier molecular flexibility index (Phi) is 4.72. The normalized spacial score (nSPS) is 25.9. The Morgan fingerprint density at radius 3 is 2.64 bits per heavy atom. The topological polar surface area (TPSA) is 46.6 Å². The standard InChI is InChI=1S/C14H18F3NO3S/c1-10-11(2)22(19,20)7-6-18(10)9-12-4-3-5-13(8-12)21-14(15,16)17/h3-5,8,10-11H,6-7,9H2,1-2H3/t10-,11+/m1/s1. The molecule has 4 nitrogen and oxygen atoms in total. The fourth-order valence-electron chi connectivity index (χ4n) is 2.53. The van der Waals surface area contributed by atoms with E-state index in [1.165, 1.54) is 18.2 Å². The molecule has 0 aliphatic carbocycles. The Bertz CT molecular complexity index is 630. The molecule has 1 aliphatic heterocycles. The first-order chi connectivity index (χ1) is 10.1. The quantitative estimate of drug-likeness (QED) is 0.851. The molecule has 1 aromatic carbocycles. The summed E-state index contributed by atoms with van der Waals surface area (Å²) >= 11 is 0. The number of hydrogen-bond acceptors (Lipinski definition) is 4. The van der Waals surface area contributed by atoms with E-state index in [9.17, 15) is 21.6 Å². The Morgan fingerprint density at radius 1 is 1.32 bits per heavy atom. The lowest BCUT2D eigenvalue weighted by Crippen LogP contribution is -2.51. The average Bonchev–Trinajstić information content (AvgIpc) is 2.39. The molecule has 1 heterocycles. The van der Waals surface area contributed by atoms with E-state index in [2.05, 4.69) is 4.74 Å². The number of rotatable bonds is 3. The molecule has 0 radical (unpaired) electrons. The SMILES string of the molecule is C[C@@H]1[C@H](C)S(=O)(=O)CCN1Cc1cccc(OC(F)(F)F)c1. The highest BCUT2D eigenvalue weighted by atomic mass is 32.2. The first-order valence-corrected chi connectivity index (χ1v) is 8.60. The lowest BCUT2D eigenvalue weighted by Gasteiger charge is -2.37.